The normalized spacial score (nSPS) is 10.3. The van der Waals surface area contributed by atoms with Gasteiger partial charge in [-0.3, -0.25) is 9.59 Å². The quantitative estimate of drug-likeness (QED) is 0.752. The Morgan fingerprint density at radius 3 is 2.44 bits per heavy atom. The van der Waals surface area contributed by atoms with Crippen LogP contribution in [-0.4, -0.2) is 43.5 Å². The number of carbonyl (C=O) groups is 2. The van der Waals surface area contributed by atoms with Crippen molar-refractivity contribution in [2.24, 2.45) is 0 Å². The van der Waals surface area contributed by atoms with Crippen molar-refractivity contribution >= 4 is 11.8 Å². The Hall–Kier alpha value is -2.66. The maximum Gasteiger partial charge on any atom is 0.254 e. The largest absolute Gasteiger partial charge is 0.383 e. The second kappa shape index (κ2) is 9.59. The van der Waals surface area contributed by atoms with Crippen LogP contribution < -0.4 is 5.32 Å². The molecule has 0 spiro atoms. The maximum atomic E-state index is 12.8. The first-order valence-electron chi connectivity index (χ1n) is 8.36. The molecule has 0 saturated heterocycles. The SMILES string of the molecule is CCN(Cc1ccccc1)C(=O)c1cccc(C(=O)NCCOC)c1. The lowest BCUT2D eigenvalue weighted by Crippen LogP contribution is -2.31. The minimum Gasteiger partial charge on any atom is -0.383 e. The van der Waals surface area contributed by atoms with Gasteiger partial charge in [-0.25, -0.2) is 0 Å². The lowest BCUT2D eigenvalue weighted by atomic mass is 10.1. The van der Waals surface area contributed by atoms with Crippen molar-refractivity contribution in [1.29, 1.82) is 0 Å². The van der Waals surface area contributed by atoms with Gasteiger partial charge in [0, 0.05) is 37.9 Å². The summed E-state index contributed by atoms with van der Waals surface area (Å²) in [4.78, 5) is 26.7. The van der Waals surface area contributed by atoms with Gasteiger partial charge in [0.2, 0.25) is 0 Å². The molecule has 0 bridgehead atoms. The predicted octanol–water partition coefficient (Wildman–Crippen LogP) is 2.73. The van der Waals surface area contributed by atoms with E-state index in [1.54, 1.807) is 36.3 Å². The molecule has 2 aromatic carbocycles. The molecule has 25 heavy (non-hydrogen) atoms. The highest BCUT2D eigenvalue weighted by Gasteiger charge is 2.16. The number of rotatable bonds is 8. The van der Waals surface area contributed by atoms with E-state index in [1.165, 1.54) is 0 Å². The first kappa shape index (κ1) is 18.7. The minimum absolute atomic E-state index is 0.0853. The Labute approximate surface area is 148 Å². The highest BCUT2D eigenvalue weighted by atomic mass is 16.5. The molecule has 2 amide bonds. The van der Waals surface area contributed by atoms with E-state index in [0.29, 0.717) is 37.4 Å². The van der Waals surface area contributed by atoms with Gasteiger partial charge in [0.05, 0.1) is 6.61 Å². The van der Waals surface area contributed by atoms with Crippen LogP contribution in [0.5, 0.6) is 0 Å². The Bertz CT molecular complexity index is 701. The first-order valence-corrected chi connectivity index (χ1v) is 8.36. The fourth-order valence-corrected chi connectivity index (χ4v) is 2.48. The van der Waals surface area contributed by atoms with Gasteiger partial charge in [-0.15, -0.1) is 0 Å². The van der Waals surface area contributed by atoms with Crippen molar-refractivity contribution in [1.82, 2.24) is 10.2 Å². The smallest absolute Gasteiger partial charge is 0.254 e. The Kier molecular flexibility index (Phi) is 7.16. The molecule has 5 nitrogen and oxygen atoms in total. The van der Waals surface area contributed by atoms with Crippen LogP contribution in [0.3, 0.4) is 0 Å². The van der Waals surface area contributed by atoms with Crippen molar-refractivity contribution in [3.63, 3.8) is 0 Å². The summed E-state index contributed by atoms with van der Waals surface area (Å²) in [6, 6.07) is 16.7. The van der Waals surface area contributed by atoms with E-state index in [9.17, 15) is 9.59 Å². The molecule has 5 heteroatoms. The van der Waals surface area contributed by atoms with E-state index in [2.05, 4.69) is 5.32 Å². The highest BCUT2D eigenvalue weighted by Crippen LogP contribution is 2.12. The zero-order valence-corrected chi connectivity index (χ0v) is 14.7. The van der Waals surface area contributed by atoms with Crippen LogP contribution in [0.15, 0.2) is 54.6 Å². The number of carbonyl (C=O) groups excluding carboxylic acids is 2. The van der Waals surface area contributed by atoms with Crippen molar-refractivity contribution in [2.45, 2.75) is 13.5 Å². The second-order valence-electron chi connectivity index (χ2n) is 5.63. The zero-order valence-electron chi connectivity index (χ0n) is 14.7. The summed E-state index contributed by atoms with van der Waals surface area (Å²) in [5.41, 5.74) is 2.06. The Morgan fingerprint density at radius 1 is 1.04 bits per heavy atom. The molecule has 2 rings (SSSR count). The molecule has 2 aromatic rings. The number of methoxy groups -OCH3 is 1. The second-order valence-corrected chi connectivity index (χ2v) is 5.63. The van der Waals surface area contributed by atoms with Gasteiger partial charge >= 0.3 is 0 Å². The number of ether oxygens (including phenoxy) is 1. The molecule has 132 valence electrons. The number of hydrogen-bond donors (Lipinski definition) is 1. The van der Waals surface area contributed by atoms with Crippen LogP contribution >= 0.6 is 0 Å². The Morgan fingerprint density at radius 2 is 1.76 bits per heavy atom. The highest BCUT2D eigenvalue weighted by molar-refractivity contribution is 5.99. The standard InChI is InChI=1S/C20H24N2O3/c1-3-22(15-16-8-5-4-6-9-16)20(24)18-11-7-10-17(14-18)19(23)21-12-13-25-2/h4-11,14H,3,12-13,15H2,1-2H3,(H,21,23). The van der Waals surface area contributed by atoms with Crippen molar-refractivity contribution in [3.05, 3.63) is 71.3 Å². The molecule has 0 aliphatic carbocycles. The monoisotopic (exact) mass is 340 g/mol. The molecule has 0 atom stereocenters. The van der Waals surface area contributed by atoms with Crippen molar-refractivity contribution in [3.8, 4) is 0 Å². The fourth-order valence-electron chi connectivity index (χ4n) is 2.48. The zero-order chi connectivity index (χ0) is 18.1. The van der Waals surface area contributed by atoms with Gasteiger partial charge in [0.1, 0.15) is 0 Å². The molecule has 0 aliphatic heterocycles. The summed E-state index contributed by atoms with van der Waals surface area (Å²) in [5, 5.41) is 2.76. The predicted molar refractivity (Wildman–Crippen MR) is 97.5 cm³/mol. The number of hydrogen-bond acceptors (Lipinski definition) is 3. The van der Waals surface area contributed by atoms with E-state index in [0.717, 1.165) is 5.56 Å². The topological polar surface area (TPSA) is 58.6 Å². The third-order valence-corrected chi connectivity index (χ3v) is 3.85. The van der Waals surface area contributed by atoms with Gasteiger partial charge in [0.25, 0.3) is 11.8 Å². The summed E-state index contributed by atoms with van der Waals surface area (Å²) >= 11 is 0. The lowest BCUT2D eigenvalue weighted by molar-refractivity contribution is 0.0752. The van der Waals surface area contributed by atoms with Gasteiger partial charge in [-0.05, 0) is 30.7 Å². The van der Waals surface area contributed by atoms with Gasteiger partial charge in [0.15, 0.2) is 0 Å². The lowest BCUT2D eigenvalue weighted by Gasteiger charge is -2.21. The summed E-state index contributed by atoms with van der Waals surface area (Å²) in [5.74, 6) is -0.296. The van der Waals surface area contributed by atoms with Crippen LogP contribution in [0.4, 0.5) is 0 Å². The summed E-state index contributed by atoms with van der Waals surface area (Å²) in [6.07, 6.45) is 0. The van der Waals surface area contributed by atoms with Gasteiger partial charge in [-0.2, -0.15) is 0 Å². The molecule has 0 aliphatic rings. The summed E-state index contributed by atoms with van der Waals surface area (Å²) < 4.78 is 4.92. The van der Waals surface area contributed by atoms with Crippen molar-refractivity contribution in [2.75, 3.05) is 26.8 Å². The third-order valence-electron chi connectivity index (χ3n) is 3.85. The van der Waals surface area contributed by atoms with Crippen LogP contribution in [-0.2, 0) is 11.3 Å². The number of benzene rings is 2. The van der Waals surface area contributed by atoms with Gasteiger partial charge in [-0.1, -0.05) is 36.4 Å². The van der Waals surface area contributed by atoms with E-state index in [4.69, 9.17) is 4.74 Å². The fraction of sp³-hybridized carbons (Fsp3) is 0.300. The van der Waals surface area contributed by atoms with Crippen LogP contribution in [0.1, 0.15) is 33.2 Å². The first-order chi connectivity index (χ1) is 12.2. The average Bonchev–Trinajstić information content (AvgIpc) is 2.66. The molecular weight excluding hydrogens is 316 g/mol. The van der Waals surface area contributed by atoms with Crippen LogP contribution in [0, 0.1) is 0 Å². The molecule has 0 heterocycles. The molecule has 1 N–H and O–H groups in total. The molecule has 0 saturated carbocycles. The van der Waals surface area contributed by atoms with E-state index in [-0.39, 0.29) is 11.8 Å². The summed E-state index contributed by atoms with van der Waals surface area (Å²) in [6.45, 7) is 3.97. The van der Waals surface area contributed by atoms with E-state index < -0.39 is 0 Å². The number of amides is 2. The van der Waals surface area contributed by atoms with Gasteiger partial charge < -0.3 is 15.0 Å². The molecule has 0 fully saturated rings. The summed E-state index contributed by atoms with van der Waals surface area (Å²) in [7, 11) is 1.58. The van der Waals surface area contributed by atoms with E-state index in [1.807, 2.05) is 37.3 Å². The maximum absolute atomic E-state index is 12.8. The number of nitrogens with zero attached hydrogens (tertiary/aromatic N) is 1. The molecule has 0 radical (unpaired) electrons. The average molecular weight is 340 g/mol. The van der Waals surface area contributed by atoms with Crippen molar-refractivity contribution < 1.29 is 14.3 Å². The van der Waals surface area contributed by atoms with E-state index >= 15 is 0 Å². The Balaban J connectivity index is 2.09. The van der Waals surface area contributed by atoms with Crippen LogP contribution in [0.25, 0.3) is 0 Å². The molecule has 0 aromatic heterocycles. The van der Waals surface area contributed by atoms with Crippen LogP contribution in [0.2, 0.25) is 0 Å². The molecule has 0 unspecified atom stereocenters. The molecular formula is C20H24N2O3. The minimum atomic E-state index is -0.210. The third kappa shape index (κ3) is 5.43. The number of nitrogens with one attached hydrogen (secondary N) is 1.